The standard InChI is InChI=1S/C13H10FN3/c14-10-6-4-9(5-7-10)12-13(15)17-8-2-1-3-11(17)16-12/h1-8H,15H2. The summed E-state index contributed by atoms with van der Waals surface area (Å²) in [5.41, 5.74) is 8.29. The Balaban J connectivity index is 2.24. The number of rotatable bonds is 1. The van der Waals surface area contributed by atoms with Gasteiger partial charge in [0.1, 0.15) is 23.0 Å². The van der Waals surface area contributed by atoms with Gasteiger partial charge in [0.25, 0.3) is 0 Å². The lowest BCUT2D eigenvalue weighted by molar-refractivity contribution is 0.628. The third-order valence-corrected chi connectivity index (χ3v) is 2.68. The molecule has 0 atom stereocenters. The largest absolute Gasteiger partial charge is 0.383 e. The number of pyridine rings is 1. The lowest BCUT2D eigenvalue weighted by Crippen LogP contribution is -1.93. The number of anilines is 1. The number of aromatic nitrogens is 2. The van der Waals surface area contributed by atoms with Gasteiger partial charge in [0, 0.05) is 11.8 Å². The van der Waals surface area contributed by atoms with Gasteiger partial charge >= 0.3 is 0 Å². The second-order valence-corrected chi connectivity index (χ2v) is 3.78. The highest BCUT2D eigenvalue weighted by Gasteiger charge is 2.10. The summed E-state index contributed by atoms with van der Waals surface area (Å²) in [4.78, 5) is 4.43. The van der Waals surface area contributed by atoms with Gasteiger partial charge in [-0.15, -0.1) is 0 Å². The summed E-state index contributed by atoms with van der Waals surface area (Å²) in [6, 6.07) is 11.8. The third kappa shape index (κ3) is 1.54. The summed E-state index contributed by atoms with van der Waals surface area (Å²) >= 11 is 0. The summed E-state index contributed by atoms with van der Waals surface area (Å²) < 4.78 is 14.7. The number of hydrogen-bond acceptors (Lipinski definition) is 2. The topological polar surface area (TPSA) is 43.3 Å². The van der Waals surface area contributed by atoms with Gasteiger partial charge in [-0.05, 0) is 36.4 Å². The number of imidazole rings is 1. The van der Waals surface area contributed by atoms with Crippen molar-refractivity contribution >= 4 is 11.5 Å². The average molecular weight is 227 g/mol. The van der Waals surface area contributed by atoms with Crippen LogP contribution in [0.3, 0.4) is 0 Å². The normalized spacial score (nSPS) is 10.9. The van der Waals surface area contributed by atoms with Crippen LogP contribution in [0.15, 0.2) is 48.7 Å². The fourth-order valence-electron chi connectivity index (χ4n) is 1.84. The van der Waals surface area contributed by atoms with Gasteiger partial charge in [-0.1, -0.05) is 6.07 Å². The molecule has 84 valence electrons. The van der Waals surface area contributed by atoms with E-state index >= 15 is 0 Å². The molecule has 3 rings (SSSR count). The first kappa shape index (κ1) is 9.84. The Kier molecular flexibility index (Phi) is 2.08. The lowest BCUT2D eigenvalue weighted by atomic mass is 10.1. The molecule has 2 heterocycles. The quantitative estimate of drug-likeness (QED) is 0.694. The van der Waals surface area contributed by atoms with Crippen LogP contribution in [-0.2, 0) is 0 Å². The molecule has 0 radical (unpaired) electrons. The maximum Gasteiger partial charge on any atom is 0.139 e. The second-order valence-electron chi connectivity index (χ2n) is 3.78. The molecular weight excluding hydrogens is 217 g/mol. The van der Waals surface area contributed by atoms with E-state index in [0.717, 1.165) is 11.2 Å². The minimum absolute atomic E-state index is 0.268. The maximum atomic E-state index is 12.9. The summed E-state index contributed by atoms with van der Waals surface area (Å²) in [6.45, 7) is 0. The molecule has 3 nitrogen and oxygen atoms in total. The molecule has 17 heavy (non-hydrogen) atoms. The molecule has 0 saturated carbocycles. The molecular formula is C13H10FN3. The predicted molar refractivity (Wildman–Crippen MR) is 65.0 cm³/mol. The zero-order valence-electron chi connectivity index (χ0n) is 8.97. The van der Waals surface area contributed by atoms with Crippen LogP contribution in [0.1, 0.15) is 0 Å². The number of fused-ring (bicyclic) bond motifs is 1. The van der Waals surface area contributed by atoms with Gasteiger partial charge in [-0.3, -0.25) is 4.40 Å². The summed E-state index contributed by atoms with van der Waals surface area (Å²) in [6.07, 6.45) is 1.85. The highest BCUT2D eigenvalue weighted by atomic mass is 19.1. The minimum atomic E-state index is -0.268. The molecule has 2 N–H and O–H groups in total. The van der Waals surface area contributed by atoms with Crippen molar-refractivity contribution in [3.05, 3.63) is 54.5 Å². The Morgan fingerprint density at radius 1 is 1.06 bits per heavy atom. The third-order valence-electron chi connectivity index (χ3n) is 2.68. The minimum Gasteiger partial charge on any atom is -0.383 e. The van der Waals surface area contributed by atoms with Crippen LogP contribution >= 0.6 is 0 Å². The number of halogens is 1. The molecule has 0 unspecified atom stereocenters. The summed E-state index contributed by atoms with van der Waals surface area (Å²) in [5.74, 6) is 0.295. The Hall–Kier alpha value is -2.36. The Morgan fingerprint density at radius 2 is 1.82 bits per heavy atom. The van der Waals surface area contributed by atoms with Crippen molar-refractivity contribution in [2.24, 2.45) is 0 Å². The molecule has 0 aliphatic carbocycles. The van der Waals surface area contributed by atoms with Crippen LogP contribution < -0.4 is 5.73 Å². The molecule has 0 fully saturated rings. The molecule has 0 aliphatic heterocycles. The van der Waals surface area contributed by atoms with Crippen LogP contribution in [0.5, 0.6) is 0 Å². The van der Waals surface area contributed by atoms with E-state index in [-0.39, 0.29) is 5.82 Å². The molecule has 0 saturated heterocycles. The highest BCUT2D eigenvalue weighted by Crippen LogP contribution is 2.26. The number of hydrogen-bond donors (Lipinski definition) is 1. The second kappa shape index (κ2) is 3.59. The van der Waals surface area contributed by atoms with E-state index in [1.807, 2.05) is 24.4 Å². The molecule has 3 aromatic rings. The highest BCUT2D eigenvalue weighted by molar-refractivity contribution is 5.74. The SMILES string of the molecule is Nc1c(-c2ccc(F)cc2)nc2ccccn12. The smallest absolute Gasteiger partial charge is 0.139 e. The van der Waals surface area contributed by atoms with E-state index in [9.17, 15) is 4.39 Å². The van der Waals surface area contributed by atoms with E-state index in [0.29, 0.717) is 11.5 Å². The van der Waals surface area contributed by atoms with Crippen LogP contribution in [0.2, 0.25) is 0 Å². The number of nitrogen functional groups attached to an aromatic ring is 1. The van der Waals surface area contributed by atoms with Gasteiger partial charge in [0.05, 0.1) is 0 Å². The predicted octanol–water partition coefficient (Wildman–Crippen LogP) is 2.72. The van der Waals surface area contributed by atoms with Gasteiger partial charge in [0.15, 0.2) is 0 Å². The monoisotopic (exact) mass is 227 g/mol. The van der Waals surface area contributed by atoms with Gasteiger partial charge in [-0.25, -0.2) is 9.37 Å². The van der Waals surface area contributed by atoms with E-state index in [2.05, 4.69) is 4.98 Å². The summed E-state index contributed by atoms with van der Waals surface area (Å²) in [7, 11) is 0. The average Bonchev–Trinajstić information content (AvgIpc) is 2.69. The van der Waals surface area contributed by atoms with Gasteiger partial charge < -0.3 is 5.73 Å². The zero-order chi connectivity index (χ0) is 11.8. The van der Waals surface area contributed by atoms with E-state index in [1.165, 1.54) is 12.1 Å². The first-order valence-corrected chi connectivity index (χ1v) is 5.24. The first-order chi connectivity index (χ1) is 8.25. The molecule has 0 aliphatic rings. The van der Waals surface area contributed by atoms with Crippen molar-refractivity contribution in [2.45, 2.75) is 0 Å². The Labute approximate surface area is 97.3 Å². The molecule has 0 spiro atoms. The number of benzene rings is 1. The Bertz CT molecular complexity index is 671. The Morgan fingerprint density at radius 3 is 2.53 bits per heavy atom. The van der Waals surface area contributed by atoms with Gasteiger partial charge in [0.2, 0.25) is 0 Å². The van der Waals surface area contributed by atoms with Crippen molar-refractivity contribution < 1.29 is 4.39 Å². The molecule has 0 bridgehead atoms. The van der Waals surface area contributed by atoms with E-state index in [1.54, 1.807) is 16.5 Å². The zero-order valence-corrected chi connectivity index (χ0v) is 8.97. The fourth-order valence-corrected chi connectivity index (χ4v) is 1.84. The summed E-state index contributed by atoms with van der Waals surface area (Å²) in [5, 5.41) is 0. The fraction of sp³-hybridized carbons (Fsp3) is 0. The first-order valence-electron chi connectivity index (χ1n) is 5.24. The van der Waals surface area contributed by atoms with Crippen LogP contribution in [0.25, 0.3) is 16.9 Å². The van der Waals surface area contributed by atoms with Crippen LogP contribution in [0, 0.1) is 5.82 Å². The van der Waals surface area contributed by atoms with Crippen molar-refractivity contribution in [1.82, 2.24) is 9.38 Å². The van der Waals surface area contributed by atoms with Crippen molar-refractivity contribution in [1.29, 1.82) is 0 Å². The lowest BCUT2D eigenvalue weighted by Gasteiger charge is -1.98. The molecule has 2 aromatic heterocycles. The van der Waals surface area contributed by atoms with Crippen molar-refractivity contribution in [2.75, 3.05) is 5.73 Å². The number of nitrogens with two attached hydrogens (primary N) is 1. The number of nitrogens with zero attached hydrogens (tertiary/aromatic N) is 2. The van der Waals surface area contributed by atoms with E-state index < -0.39 is 0 Å². The van der Waals surface area contributed by atoms with Crippen molar-refractivity contribution in [3.8, 4) is 11.3 Å². The van der Waals surface area contributed by atoms with Crippen molar-refractivity contribution in [3.63, 3.8) is 0 Å². The molecule has 0 amide bonds. The molecule has 4 heteroatoms. The maximum absolute atomic E-state index is 12.9. The molecule has 1 aromatic carbocycles. The van der Waals surface area contributed by atoms with Gasteiger partial charge in [-0.2, -0.15) is 0 Å². The van der Waals surface area contributed by atoms with Crippen LogP contribution in [0.4, 0.5) is 10.2 Å². The van der Waals surface area contributed by atoms with E-state index in [4.69, 9.17) is 5.73 Å². The van der Waals surface area contributed by atoms with Crippen LogP contribution in [-0.4, -0.2) is 9.38 Å².